The van der Waals surface area contributed by atoms with Crippen molar-refractivity contribution in [1.82, 2.24) is 0 Å². The first kappa shape index (κ1) is 17.3. The number of phenolic OH excluding ortho intramolecular Hbond substituents is 1. The lowest BCUT2D eigenvalue weighted by Gasteiger charge is -2.07. The Bertz CT molecular complexity index is 487. The minimum absolute atomic E-state index is 0.344. The van der Waals surface area contributed by atoms with Gasteiger partial charge in [0, 0.05) is 0 Å². The van der Waals surface area contributed by atoms with Gasteiger partial charge in [0.05, 0.1) is 0 Å². The highest BCUT2D eigenvalue weighted by atomic mass is 16.3. The molecule has 2 aromatic rings. The monoisotopic (exact) mass is 284 g/mol. The van der Waals surface area contributed by atoms with Gasteiger partial charge in [0.15, 0.2) is 0 Å². The Balaban J connectivity index is 0.000000211. The number of benzene rings is 2. The molecular formula is C20H28O. The van der Waals surface area contributed by atoms with Crippen LogP contribution in [0.5, 0.6) is 5.75 Å². The van der Waals surface area contributed by atoms with Crippen LogP contribution in [-0.4, -0.2) is 5.11 Å². The average Bonchev–Trinajstić information content (AvgIpc) is 2.55. The van der Waals surface area contributed by atoms with E-state index in [2.05, 4.69) is 58.0 Å². The maximum Gasteiger partial charge on any atom is 0.115 e. The molecule has 0 saturated heterocycles. The molecule has 0 spiro atoms. The SMILES string of the molecule is CCC(C)c1ccc(O)cc1.CCC(C)c1ccccc1. The van der Waals surface area contributed by atoms with E-state index in [-0.39, 0.29) is 0 Å². The van der Waals surface area contributed by atoms with Gasteiger partial charge in [-0.15, -0.1) is 0 Å². The molecule has 114 valence electrons. The van der Waals surface area contributed by atoms with Crippen molar-refractivity contribution in [3.05, 3.63) is 65.7 Å². The summed E-state index contributed by atoms with van der Waals surface area (Å²) >= 11 is 0. The van der Waals surface area contributed by atoms with Gasteiger partial charge in [-0.2, -0.15) is 0 Å². The van der Waals surface area contributed by atoms with Crippen LogP contribution in [0.1, 0.15) is 63.5 Å². The van der Waals surface area contributed by atoms with E-state index in [1.165, 1.54) is 17.5 Å². The minimum atomic E-state index is 0.344. The maximum absolute atomic E-state index is 9.01. The largest absolute Gasteiger partial charge is 0.508 e. The van der Waals surface area contributed by atoms with Crippen molar-refractivity contribution in [3.63, 3.8) is 0 Å². The molecule has 1 heteroatoms. The normalized spacial score (nSPS) is 13.0. The topological polar surface area (TPSA) is 20.2 Å². The van der Waals surface area contributed by atoms with Gasteiger partial charge in [-0.3, -0.25) is 0 Å². The lowest BCUT2D eigenvalue weighted by molar-refractivity contribution is 0.475. The molecule has 0 fully saturated rings. The van der Waals surface area contributed by atoms with Crippen molar-refractivity contribution in [3.8, 4) is 5.75 Å². The van der Waals surface area contributed by atoms with E-state index in [1.54, 1.807) is 12.1 Å². The van der Waals surface area contributed by atoms with Crippen LogP contribution in [-0.2, 0) is 0 Å². The zero-order valence-electron chi connectivity index (χ0n) is 13.7. The predicted octanol–water partition coefficient (Wildman–Crippen LogP) is 6.11. The van der Waals surface area contributed by atoms with Gasteiger partial charge in [0.25, 0.3) is 0 Å². The summed E-state index contributed by atoms with van der Waals surface area (Å²) in [5.74, 6) is 1.65. The fourth-order valence-corrected chi connectivity index (χ4v) is 2.06. The van der Waals surface area contributed by atoms with Crippen molar-refractivity contribution in [2.75, 3.05) is 0 Å². The summed E-state index contributed by atoms with van der Waals surface area (Å²) in [4.78, 5) is 0. The third-order valence-corrected chi connectivity index (χ3v) is 4.06. The van der Waals surface area contributed by atoms with Gasteiger partial charge in [-0.25, -0.2) is 0 Å². The van der Waals surface area contributed by atoms with Crippen LogP contribution < -0.4 is 0 Å². The van der Waals surface area contributed by atoms with Crippen LogP contribution >= 0.6 is 0 Å². The van der Waals surface area contributed by atoms with E-state index in [0.717, 1.165) is 6.42 Å². The molecule has 0 aliphatic carbocycles. The van der Waals surface area contributed by atoms with E-state index in [9.17, 15) is 0 Å². The molecule has 2 rings (SSSR count). The van der Waals surface area contributed by atoms with Crippen LogP contribution in [0.3, 0.4) is 0 Å². The van der Waals surface area contributed by atoms with Crippen LogP contribution in [0.4, 0.5) is 0 Å². The van der Waals surface area contributed by atoms with Crippen LogP contribution in [0, 0.1) is 0 Å². The van der Waals surface area contributed by atoms with Crippen molar-refractivity contribution in [2.24, 2.45) is 0 Å². The van der Waals surface area contributed by atoms with Gasteiger partial charge in [0.2, 0.25) is 0 Å². The lowest BCUT2D eigenvalue weighted by Crippen LogP contribution is -1.89. The first-order valence-corrected chi connectivity index (χ1v) is 7.92. The second-order valence-corrected chi connectivity index (χ2v) is 5.62. The summed E-state index contributed by atoms with van der Waals surface area (Å²) in [5, 5.41) is 9.01. The Morgan fingerprint density at radius 1 is 0.714 bits per heavy atom. The van der Waals surface area contributed by atoms with Crippen LogP contribution in [0.25, 0.3) is 0 Å². The minimum Gasteiger partial charge on any atom is -0.508 e. The molecule has 0 radical (unpaired) electrons. The standard InChI is InChI=1S/C10H14O.C10H14/c1-3-8(2)9-4-6-10(11)7-5-9;1-3-9(2)10-7-5-4-6-8-10/h4-8,11H,3H2,1-2H3;4-9H,3H2,1-2H3. The fraction of sp³-hybridized carbons (Fsp3) is 0.400. The highest BCUT2D eigenvalue weighted by Gasteiger charge is 2.01. The molecule has 21 heavy (non-hydrogen) atoms. The number of aromatic hydroxyl groups is 1. The summed E-state index contributed by atoms with van der Waals surface area (Å²) in [7, 11) is 0. The van der Waals surface area contributed by atoms with Crippen molar-refractivity contribution < 1.29 is 5.11 Å². The second-order valence-electron chi connectivity index (χ2n) is 5.62. The molecule has 0 aliphatic rings. The Morgan fingerprint density at radius 2 is 1.14 bits per heavy atom. The quantitative estimate of drug-likeness (QED) is 0.718. The van der Waals surface area contributed by atoms with E-state index in [1.807, 2.05) is 12.1 Å². The molecule has 0 bridgehead atoms. The molecule has 2 unspecified atom stereocenters. The number of phenols is 1. The summed E-state index contributed by atoms with van der Waals surface area (Å²) < 4.78 is 0. The molecule has 1 nitrogen and oxygen atoms in total. The van der Waals surface area contributed by atoms with E-state index in [4.69, 9.17) is 5.11 Å². The maximum atomic E-state index is 9.01. The van der Waals surface area contributed by atoms with E-state index < -0.39 is 0 Å². The zero-order chi connectivity index (χ0) is 15.7. The van der Waals surface area contributed by atoms with Gasteiger partial charge < -0.3 is 5.11 Å². The molecule has 2 aromatic carbocycles. The van der Waals surface area contributed by atoms with Crippen molar-refractivity contribution in [1.29, 1.82) is 0 Å². The molecule has 0 heterocycles. The van der Waals surface area contributed by atoms with Crippen molar-refractivity contribution in [2.45, 2.75) is 52.4 Å². The lowest BCUT2D eigenvalue weighted by atomic mass is 9.99. The highest BCUT2D eigenvalue weighted by molar-refractivity contribution is 5.27. The fourth-order valence-electron chi connectivity index (χ4n) is 2.06. The van der Waals surface area contributed by atoms with Gasteiger partial charge in [0.1, 0.15) is 5.75 Å². The number of hydrogen-bond donors (Lipinski definition) is 1. The molecule has 0 aliphatic heterocycles. The molecule has 0 amide bonds. The molecule has 1 N–H and O–H groups in total. The zero-order valence-corrected chi connectivity index (χ0v) is 13.7. The van der Waals surface area contributed by atoms with Gasteiger partial charge in [-0.05, 0) is 47.9 Å². The first-order chi connectivity index (χ1) is 10.1. The summed E-state index contributed by atoms with van der Waals surface area (Å²) in [6.07, 6.45) is 2.37. The summed E-state index contributed by atoms with van der Waals surface area (Å²) in [6, 6.07) is 18.1. The third-order valence-electron chi connectivity index (χ3n) is 4.06. The third kappa shape index (κ3) is 6.03. The Labute approximate surface area is 129 Å². The summed E-state index contributed by atoms with van der Waals surface area (Å²) in [5.41, 5.74) is 2.75. The predicted molar refractivity (Wildman–Crippen MR) is 92.0 cm³/mol. The Hall–Kier alpha value is -1.76. The number of rotatable bonds is 4. The van der Waals surface area contributed by atoms with Crippen LogP contribution in [0.15, 0.2) is 54.6 Å². The first-order valence-electron chi connectivity index (χ1n) is 7.92. The Kier molecular flexibility index (Phi) is 7.60. The molecule has 0 aromatic heterocycles. The van der Waals surface area contributed by atoms with Gasteiger partial charge in [-0.1, -0.05) is 70.2 Å². The van der Waals surface area contributed by atoms with Crippen LogP contribution in [0.2, 0.25) is 0 Å². The number of hydrogen-bond acceptors (Lipinski definition) is 1. The summed E-state index contributed by atoms with van der Waals surface area (Å²) in [6.45, 7) is 8.83. The van der Waals surface area contributed by atoms with E-state index >= 15 is 0 Å². The average molecular weight is 284 g/mol. The second kappa shape index (κ2) is 9.23. The molecule has 0 saturated carbocycles. The van der Waals surface area contributed by atoms with Gasteiger partial charge >= 0.3 is 0 Å². The molecule has 2 atom stereocenters. The Morgan fingerprint density at radius 3 is 1.57 bits per heavy atom. The molecular weight excluding hydrogens is 256 g/mol. The smallest absolute Gasteiger partial charge is 0.115 e. The highest BCUT2D eigenvalue weighted by Crippen LogP contribution is 2.20. The van der Waals surface area contributed by atoms with E-state index in [0.29, 0.717) is 17.6 Å². The van der Waals surface area contributed by atoms with Crippen molar-refractivity contribution >= 4 is 0 Å².